The van der Waals surface area contributed by atoms with E-state index >= 15 is 0 Å². The van der Waals surface area contributed by atoms with E-state index in [1.165, 1.54) is 19.0 Å². The third-order valence-corrected chi connectivity index (χ3v) is 6.41. The highest BCUT2D eigenvalue weighted by Crippen LogP contribution is 2.36. The van der Waals surface area contributed by atoms with E-state index in [4.69, 9.17) is 11.6 Å². The molecule has 156 valence electrons. The van der Waals surface area contributed by atoms with Crippen molar-refractivity contribution in [2.24, 2.45) is 0 Å². The number of benzene rings is 1. The third kappa shape index (κ3) is 3.41. The highest BCUT2D eigenvalue weighted by molar-refractivity contribution is 6.37. The Bertz CT molecular complexity index is 1170. The summed E-state index contributed by atoms with van der Waals surface area (Å²) in [7, 11) is 0. The number of piperazine rings is 1. The number of nitrogens with one attached hydrogen (secondary N) is 1. The normalized spacial score (nSPS) is 22.1. The molecular weight excluding hydrogens is 415 g/mol. The van der Waals surface area contributed by atoms with Crippen molar-refractivity contribution in [2.75, 3.05) is 13.1 Å². The highest BCUT2D eigenvalue weighted by atomic mass is 35.5. The topological polar surface area (TPSA) is 56.9 Å². The predicted molar refractivity (Wildman–Crippen MR) is 108 cm³/mol. The van der Waals surface area contributed by atoms with Gasteiger partial charge in [-0.3, -0.25) is 9.88 Å². The SMILES string of the molecule is N#Cc1cnc2c3cc(CN4CC5CCC(C4)N5)ccc3n(CC(F)(F)F)c2c1Cl. The Morgan fingerprint density at radius 3 is 2.63 bits per heavy atom. The van der Waals surface area contributed by atoms with E-state index < -0.39 is 12.7 Å². The van der Waals surface area contributed by atoms with Crippen LogP contribution in [-0.4, -0.2) is 45.8 Å². The van der Waals surface area contributed by atoms with Gasteiger partial charge in [0.05, 0.1) is 27.1 Å². The van der Waals surface area contributed by atoms with E-state index in [1.807, 2.05) is 18.2 Å². The van der Waals surface area contributed by atoms with Gasteiger partial charge in [-0.05, 0) is 30.5 Å². The molecule has 2 saturated heterocycles. The molecule has 2 fully saturated rings. The largest absolute Gasteiger partial charge is 0.406 e. The second-order valence-electron chi connectivity index (χ2n) is 8.18. The van der Waals surface area contributed by atoms with Gasteiger partial charge in [0.15, 0.2) is 0 Å². The summed E-state index contributed by atoms with van der Waals surface area (Å²) in [6, 6.07) is 8.42. The molecule has 1 N–H and O–H groups in total. The number of fused-ring (bicyclic) bond motifs is 5. The minimum Gasteiger partial charge on any atom is -0.329 e. The summed E-state index contributed by atoms with van der Waals surface area (Å²) in [5.41, 5.74) is 2.04. The molecule has 2 aliphatic rings. The van der Waals surface area contributed by atoms with Gasteiger partial charge in [-0.25, -0.2) is 0 Å². The van der Waals surface area contributed by atoms with Crippen molar-refractivity contribution >= 4 is 33.5 Å². The Balaban J connectivity index is 1.60. The fourth-order valence-electron chi connectivity index (χ4n) is 4.85. The van der Waals surface area contributed by atoms with Crippen molar-refractivity contribution in [3.05, 3.63) is 40.5 Å². The lowest BCUT2D eigenvalue weighted by Gasteiger charge is -2.32. The fraction of sp³-hybridized carbons (Fsp3) is 0.429. The Kier molecular flexibility index (Phi) is 4.65. The summed E-state index contributed by atoms with van der Waals surface area (Å²) >= 11 is 6.32. The van der Waals surface area contributed by atoms with Crippen molar-refractivity contribution in [3.63, 3.8) is 0 Å². The molecule has 1 aromatic carbocycles. The van der Waals surface area contributed by atoms with Gasteiger partial charge in [0.25, 0.3) is 0 Å². The summed E-state index contributed by atoms with van der Waals surface area (Å²) in [6.07, 6.45) is -0.726. The molecule has 2 aromatic heterocycles. The van der Waals surface area contributed by atoms with Crippen LogP contribution in [0, 0.1) is 11.3 Å². The van der Waals surface area contributed by atoms with Gasteiger partial charge < -0.3 is 9.88 Å². The van der Waals surface area contributed by atoms with Crippen LogP contribution in [0.15, 0.2) is 24.4 Å². The molecule has 5 rings (SSSR count). The highest BCUT2D eigenvalue weighted by Gasteiger charge is 2.33. The van der Waals surface area contributed by atoms with E-state index in [0.29, 0.717) is 28.5 Å². The maximum absolute atomic E-state index is 13.3. The van der Waals surface area contributed by atoms with Crippen molar-refractivity contribution < 1.29 is 13.2 Å². The molecule has 3 aromatic rings. The van der Waals surface area contributed by atoms with Crippen LogP contribution in [0.25, 0.3) is 21.9 Å². The quantitative estimate of drug-likeness (QED) is 0.672. The third-order valence-electron chi connectivity index (χ3n) is 6.02. The number of nitriles is 1. The number of halogens is 4. The molecule has 4 heterocycles. The van der Waals surface area contributed by atoms with Crippen LogP contribution in [0.4, 0.5) is 13.2 Å². The lowest BCUT2D eigenvalue weighted by molar-refractivity contribution is -0.139. The van der Waals surface area contributed by atoms with Crippen molar-refractivity contribution in [1.29, 1.82) is 5.26 Å². The molecule has 5 nitrogen and oxygen atoms in total. The number of pyridine rings is 1. The molecule has 2 atom stereocenters. The standard InChI is InChI=1S/C21H19ClF3N5/c22-18-13(6-26)7-27-19-16-5-12(8-29-9-14-2-3-15(10-29)28-14)1-4-17(16)30(20(18)19)11-21(23,24)25/h1,4-5,7,14-15,28H,2-3,8-11H2. The van der Waals surface area contributed by atoms with Gasteiger partial charge in [0.2, 0.25) is 0 Å². The predicted octanol–water partition coefficient (Wildman–Crippen LogP) is 4.21. The van der Waals surface area contributed by atoms with Crippen LogP contribution >= 0.6 is 11.6 Å². The second kappa shape index (κ2) is 7.12. The summed E-state index contributed by atoms with van der Waals surface area (Å²) in [5.74, 6) is 0. The van der Waals surface area contributed by atoms with Gasteiger partial charge >= 0.3 is 6.18 Å². The molecule has 2 aliphatic heterocycles. The zero-order valence-electron chi connectivity index (χ0n) is 16.0. The summed E-state index contributed by atoms with van der Waals surface area (Å²) in [6.45, 7) is 1.49. The smallest absolute Gasteiger partial charge is 0.329 e. The monoisotopic (exact) mass is 433 g/mol. The number of nitrogens with zero attached hydrogens (tertiary/aromatic N) is 4. The fourth-order valence-corrected chi connectivity index (χ4v) is 5.13. The minimum atomic E-state index is -4.43. The maximum atomic E-state index is 13.3. The van der Waals surface area contributed by atoms with E-state index in [0.717, 1.165) is 29.8 Å². The summed E-state index contributed by atoms with van der Waals surface area (Å²) in [5, 5.41) is 13.5. The van der Waals surface area contributed by atoms with Crippen LogP contribution < -0.4 is 5.32 Å². The Labute approximate surface area is 176 Å². The Hall–Kier alpha value is -2.34. The number of aromatic nitrogens is 2. The first kappa shape index (κ1) is 19.6. The zero-order chi connectivity index (χ0) is 21.0. The molecule has 30 heavy (non-hydrogen) atoms. The van der Waals surface area contributed by atoms with Crippen molar-refractivity contribution in [2.45, 2.75) is 44.2 Å². The average molecular weight is 434 g/mol. The Morgan fingerprint density at radius 1 is 1.23 bits per heavy atom. The molecule has 2 bridgehead atoms. The summed E-state index contributed by atoms with van der Waals surface area (Å²) in [4.78, 5) is 6.69. The van der Waals surface area contributed by atoms with Gasteiger partial charge in [0.1, 0.15) is 12.6 Å². The number of rotatable bonds is 3. The van der Waals surface area contributed by atoms with Crippen LogP contribution in [0.5, 0.6) is 0 Å². The van der Waals surface area contributed by atoms with Crippen LogP contribution in [0.1, 0.15) is 24.0 Å². The molecule has 0 aliphatic carbocycles. The Morgan fingerprint density at radius 2 is 1.97 bits per heavy atom. The first-order valence-corrected chi connectivity index (χ1v) is 10.2. The maximum Gasteiger partial charge on any atom is 0.406 e. The van der Waals surface area contributed by atoms with Crippen molar-refractivity contribution in [3.8, 4) is 6.07 Å². The van der Waals surface area contributed by atoms with Crippen LogP contribution in [0.3, 0.4) is 0 Å². The van der Waals surface area contributed by atoms with E-state index in [9.17, 15) is 18.4 Å². The first-order valence-electron chi connectivity index (χ1n) is 9.87. The first-order chi connectivity index (χ1) is 14.3. The van der Waals surface area contributed by atoms with Crippen LogP contribution in [-0.2, 0) is 13.1 Å². The zero-order valence-corrected chi connectivity index (χ0v) is 16.8. The molecule has 0 saturated carbocycles. The van der Waals surface area contributed by atoms with E-state index in [-0.39, 0.29) is 16.1 Å². The molecule has 2 unspecified atom stereocenters. The second-order valence-corrected chi connectivity index (χ2v) is 8.56. The molecule has 0 radical (unpaired) electrons. The van der Waals surface area contributed by atoms with Gasteiger partial charge in [0, 0.05) is 43.3 Å². The molecular formula is C21H19ClF3N5. The van der Waals surface area contributed by atoms with E-state index in [2.05, 4.69) is 15.2 Å². The van der Waals surface area contributed by atoms with E-state index in [1.54, 1.807) is 6.07 Å². The summed E-state index contributed by atoms with van der Waals surface area (Å²) < 4.78 is 41.0. The number of hydrogen-bond acceptors (Lipinski definition) is 4. The molecule has 9 heteroatoms. The van der Waals surface area contributed by atoms with Gasteiger partial charge in [-0.15, -0.1) is 0 Å². The lowest BCUT2D eigenvalue weighted by atomic mass is 10.1. The minimum absolute atomic E-state index is 0.00294. The van der Waals surface area contributed by atoms with Crippen LogP contribution in [0.2, 0.25) is 5.02 Å². The molecule has 0 amide bonds. The molecule has 0 spiro atoms. The van der Waals surface area contributed by atoms with Gasteiger partial charge in [-0.1, -0.05) is 17.7 Å². The number of likely N-dealkylation sites (tertiary alicyclic amines) is 1. The van der Waals surface area contributed by atoms with Crippen molar-refractivity contribution in [1.82, 2.24) is 19.8 Å². The number of hydrogen-bond donors (Lipinski definition) is 1. The number of alkyl halides is 3. The van der Waals surface area contributed by atoms with Gasteiger partial charge in [-0.2, -0.15) is 18.4 Å². The average Bonchev–Trinajstić information content (AvgIpc) is 3.18. The lowest BCUT2D eigenvalue weighted by Crippen LogP contribution is -2.50.